The van der Waals surface area contributed by atoms with Crippen LogP contribution in [0.25, 0.3) is 10.1 Å². The molecule has 0 bridgehead atoms. The summed E-state index contributed by atoms with van der Waals surface area (Å²) in [6.45, 7) is 7.00. The number of hydrogen-bond acceptors (Lipinski definition) is 3. The number of fused-ring (bicyclic) bond motifs is 1. The number of nitrogens with zero attached hydrogens (tertiary/aromatic N) is 2. The third-order valence-electron chi connectivity index (χ3n) is 3.75. The average molecular weight is 263 g/mol. The van der Waals surface area contributed by atoms with Crippen molar-refractivity contribution in [1.82, 2.24) is 9.27 Å². The van der Waals surface area contributed by atoms with Gasteiger partial charge in [0.05, 0.1) is 10.4 Å². The molecule has 0 amide bonds. The van der Waals surface area contributed by atoms with Gasteiger partial charge in [-0.1, -0.05) is 0 Å². The Bertz CT molecular complexity index is 544. The van der Waals surface area contributed by atoms with Crippen LogP contribution in [-0.2, 0) is 0 Å². The molecule has 0 aliphatic carbocycles. The van der Waals surface area contributed by atoms with Crippen molar-refractivity contribution in [1.29, 1.82) is 0 Å². The van der Waals surface area contributed by atoms with E-state index in [9.17, 15) is 4.39 Å². The number of rotatable bonds is 2. The zero-order chi connectivity index (χ0) is 12.5. The fraction of sp³-hybridized carbons (Fsp3) is 0.429. The van der Waals surface area contributed by atoms with Crippen LogP contribution in [0.5, 0.6) is 0 Å². The number of benzene rings is 1. The molecule has 1 aliphatic heterocycles. The van der Waals surface area contributed by atoms with Crippen LogP contribution in [0.3, 0.4) is 0 Å². The largest absolute Gasteiger partial charge is 0.303 e. The molecule has 0 atom stereocenters. The van der Waals surface area contributed by atoms with Crippen LogP contribution < -0.4 is 0 Å². The zero-order valence-electron chi connectivity index (χ0n) is 10.2. The average Bonchev–Trinajstić information content (AvgIpc) is 2.81. The molecule has 95 valence electrons. The van der Waals surface area contributed by atoms with Crippen LogP contribution in [0.1, 0.15) is 24.5 Å². The van der Waals surface area contributed by atoms with Gasteiger partial charge >= 0.3 is 0 Å². The van der Waals surface area contributed by atoms with Crippen molar-refractivity contribution in [2.45, 2.75) is 18.8 Å². The van der Waals surface area contributed by atoms with Gasteiger partial charge in [0.1, 0.15) is 5.82 Å². The lowest BCUT2D eigenvalue weighted by atomic mass is 9.92. The molecule has 1 aromatic carbocycles. The molecule has 1 aromatic heterocycles. The molecule has 1 radical (unpaired) electrons. The molecule has 0 saturated carbocycles. The van der Waals surface area contributed by atoms with E-state index in [1.54, 1.807) is 6.07 Å². The van der Waals surface area contributed by atoms with Crippen molar-refractivity contribution >= 4 is 21.6 Å². The minimum Gasteiger partial charge on any atom is -0.303 e. The summed E-state index contributed by atoms with van der Waals surface area (Å²) in [4.78, 5) is 2.37. The number of hydrogen-bond donors (Lipinski definition) is 0. The van der Waals surface area contributed by atoms with E-state index in [0.29, 0.717) is 5.92 Å². The van der Waals surface area contributed by atoms with E-state index in [1.165, 1.54) is 23.3 Å². The lowest BCUT2D eigenvalue weighted by Gasteiger charge is -2.30. The van der Waals surface area contributed by atoms with E-state index in [2.05, 4.69) is 16.2 Å². The maximum Gasteiger partial charge on any atom is 0.124 e. The van der Waals surface area contributed by atoms with Crippen LogP contribution in [0.2, 0.25) is 0 Å². The standard InChI is InChI=1S/C14H16FN2S/c1-2-17-7-5-10(6-8-17)14-12-4-3-11(15)9-13(12)18-16-14/h3-4,9-10H,1-2,5-8H2. The van der Waals surface area contributed by atoms with E-state index in [-0.39, 0.29) is 5.82 Å². The molecule has 1 saturated heterocycles. The van der Waals surface area contributed by atoms with Crippen molar-refractivity contribution in [3.05, 3.63) is 36.6 Å². The summed E-state index contributed by atoms with van der Waals surface area (Å²) < 4.78 is 18.7. The molecule has 0 N–H and O–H groups in total. The highest BCUT2D eigenvalue weighted by Gasteiger charge is 2.23. The zero-order valence-corrected chi connectivity index (χ0v) is 11.0. The molecule has 2 nitrogen and oxygen atoms in total. The van der Waals surface area contributed by atoms with E-state index in [0.717, 1.165) is 42.6 Å². The molecule has 4 heteroatoms. The summed E-state index contributed by atoms with van der Waals surface area (Å²) in [5.41, 5.74) is 1.17. The molecular formula is C14H16FN2S. The summed E-state index contributed by atoms with van der Waals surface area (Å²) in [5, 5.41) is 1.13. The summed E-state index contributed by atoms with van der Waals surface area (Å²) >= 11 is 1.41. The maximum absolute atomic E-state index is 13.2. The number of halogens is 1. The summed E-state index contributed by atoms with van der Waals surface area (Å²) in [6.07, 6.45) is 2.26. The summed E-state index contributed by atoms with van der Waals surface area (Å²) in [7, 11) is 0. The van der Waals surface area contributed by atoms with Gasteiger partial charge in [-0.3, -0.25) is 0 Å². The van der Waals surface area contributed by atoms with Crippen LogP contribution in [0.4, 0.5) is 4.39 Å². The molecule has 1 fully saturated rings. The maximum atomic E-state index is 13.2. The molecule has 2 aromatic rings. The minimum absolute atomic E-state index is 0.176. The normalized spacial score (nSPS) is 18.6. The molecular weight excluding hydrogens is 247 g/mol. The SMILES string of the molecule is [CH2]CN1CCC(c2nsc3cc(F)ccc23)CC1. The minimum atomic E-state index is -0.176. The van der Waals surface area contributed by atoms with E-state index in [4.69, 9.17) is 0 Å². The van der Waals surface area contributed by atoms with Gasteiger partial charge in [-0.15, -0.1) is 0 Å². The van der Waals surface area contributed by atoms with E-state index >= 15 is 0 Å². The van der Waals surface area contributed by atoms with Gasteiger partial charge < -0.3 is 4.90 Å². The van der Waals surface area contributed by atoms with Crippen molar-refractivity contribution < 1.29 is 4.39 Å². The number of likely N-dealkylation sites (tertiary alicyclic amines) is 1. The Balaban J connectivity index is 1.87. The monoisotopic (exact) mass is 263 g/mol. The second-order valence-electron chi connectivity index (χ2n) is 4.82. The topological polar surface area (TPSA) is 16.1 Å². The van der Waals surface area contributed by atoms with Crippen molar-refractivity contribution in [2.75, 3.05) is 19.6 Å². The van der Waals surface area contributed by atoms with Gasteiger partial charge in [-0.05, 0) is 69.1 Å². The molecule has 2 heterocycles. The Morgan fingerprint density at radius 1 is 1.39 bits per heavy atom. The Morgan fingerprint density at radius 3 is 2.89 bits per heavy atom. The van der Waals surface area contributed by atoms with Crippen LogP contribution in [0, 0.1) is 12.7 Å². The Labute approximate surface area is 111 Å². The summed E-state index contributed by atoms with van der Waals surface area (Å²) in [5.74, 6) is 0.344. The predicted octanol–water partition coefficient (Wildman–Crippen LogP) is 3.45. The second kappa shape index (κ2) is 4.94. The van der Waals surface area contributed by atoms with Crippen molar-refractivity contribution in [3.8, 4) is 0 Å². The Morgan fingerprint density at radius 2 is 2.17 bits per heavy atom. The fourth-order valence-corrected chi connectivity index (χ4v) is 3.54. The third-order valence-corrected chi connectivity index (χ3v) is 4.57. The van der Waals surface area contributed by atoms with Gasteiger partial charge in [-0.25, -0.2) is 4.39 Å². The molecule has 3 rings (SSSR count). The smallest absolute Gasteiger partial charge is 0.124 e. The third kappa shape index (κ3) is 2.15. The fourth-order valence-electron chi connectivity index (χ4n) is 2.66. The highest BCUT2D eigenvalue weighted by atomic mass is 32.1. The molecule has 18 heavy (non-hydrogen) atoms. The quantitative estimate of drug-likeness (QED) is 0.825. The van der Waals surface area contributed by atoms with Gasteiger partial charge in [-0.2, -0.15) is 4.37 Å². The second-order valence-corrected chi connectivity index (χ2v) is 5.63. The lowest BCUT2D eigenvalue weighted by molar-refractivity contribution is 0.231. The van der Waals surface area contributed by atoms with E-state index in [1.807, 2.05) is 6.07 Å². The first-order chi connectivity index (χ1) is 8.78. The first-order valence-electron chi connectivity index (χ1n) is 6.34. The molecule has 1 aliphatic rings. The van der Waals surface area contributed by atoms with Crippen LogP contribution in [0.15, 0.2) is 18.2 Å². The van der Waals surface area contributed by atoms with Gasteiger partial charge in [0.15, 0.2) is 0 Å². The first kappa shape index (κ1) is 12.1. The van der Waals surface area contributed by atoms with Crippen LogP contribution in [-0.4, -0.2) is 28.9 Å². The van der Waals surface area contributed by atoms with Crippen molar-refractivity contribution in [3.63, 3.8) is 0 Å². The van der Waals surface area contributed by atoms with E-state index < -0.39 is 0 Å². The highest BCUT2D eigenvalue weighted by molar-refractivity contribution is 7.13. The molecule has 0 unspecified atom stereocenters. The highest BCUT2D eigenvalue weighted by Crippen LogP contribution is 2.34. The van der Waals surface area contributed by atoms with Gasteiger partial charge in [0.2, 0.25) is 0 Å². The van der Waals surface area contributed by atoms with Crippen LogP contribution >= 0.6 is 11.5 Å². The Kier molecular flexibility index (Phi) is 3.31. The Hall–Kier alpha value is -1.00. The van der Waals surface area contributed by atoms with Gasteiger partial charge in [0.25, 0.3) is 0 Å². The van der Waals surface area contributed by atoms with Crippen molar-refractivity contribution in [2.24, 2.45) is 0 Å². The number of piperidine rings is 1. The van der Waals surface area contributed by atoms with Gasteiger partial charge in [0, 0.05) is 11.3 Å². The lowest BCUT2D eigenvalue weighted by Crippen LogP contribution is -2.32. The predicted molar refractivity (Wildman–Crippen MR) is 73.4 cm³/mol. The summed E-state index contributed by atoms with van der Waals surface area (Å²) in [6, 6.07) is 4.99. The molecule has 0 spiro atoms. The number of aromatic nitrogens is 1. The first-order valence-corrected chi connectivity index (χ1v) is 7.11.